The maximum absolute atomic E-state index is 12.6. The number of aryl methyl sites for hydroxylation is 1. The molecule has 0 radical (unpaired) electrons. The van der Waals surface area contributed by atoms with Crippen molar-refractivity contribution in [3.8, 4) is 11.5 Å². The first-order valence-electron chi connectivity index (χ1n) is 8.52. The predicted molar refractivity (Wildman–Crippen MR) is 107 cm³/mol. The Bertz CT molecular complexity index is 854. The molecule has 2 aromatic carbocycles. The van der Waals surface area contributed by atoms with Crippen LogP contribution < -0.4 is 14.8 Å². The van der Waals surface area contributed by atoms with Gasteiger partial charge in [-0.15, -0.1) is 0 Å². The van der Waals surface area contributed by atoms with Gasteiger partial charge in [-0.05, 0) is 54.4 Å². The average molecular weight is 437 g/mol. The summed E-state index contributed by atoms with van der Waals surface area (Å²) in [7, 11) is 0. The molecule has 0 saturated heterocycles. The van der Waals surface area contributed by atoms with Gasteiger partial charge in [0.2, 0.25) is 0 Å². The Morgan fingerprint density at radius 3 is 2.59 bits per heavy atom. The normalized spacial score (nSPS) is 10.4. The van der Waals surface area contributed by atoms with E-state index >= 15 is 0 Å². The Labute approximate surface area is 166 Å². The maximum Gasteiger partial charge on any atom is 0.274 e. The van der Waals surface area contributed by atoms with Gasteiger partial charge >= 0.3 is 0 Å². The van der Waals surface area contributed by atoms with Crippen molar-refractivity contribution in [2.45, 2.75) is 27.2 Å². The molecule has 2 rings (SSSR count). The molecule has 0 fully saturated rings. The monoisotopic (exact) mass is 436 g/mol. The summed E-state index contributed by atoms with van der Waals surface area (Å²) in [6.07, 6.45) is 0.840. The first kappa shape index (κ1) is 20.7. The van der Waals surface area contributed by atoms with Gasteiger partial charge in [-0.2, -0.15) is 0 Å². The van der Waals surface area contributed by atoms with Gasteiger partial charge in [0.25, 0.3) is 11.6 Å². The van der Waals surface area contributed by atoms with Gasteiger partial charge in [-0.25, -0.2) is 0 Å². The quantitative estimate of drug-likeness (QED) is 0.458. The van der Waals surface area contributed by atoms with Crippen molar-refractivity contribution in [1.29, 1.82) is 0 Å². The highest BCUT2D eigenvalue weighted by atomic mass is 79.9. The van der Waals surface area contributed by atoms with Gasteiger partial charge in [0.15, 0.2) is 11.5 Å². The topological polar surface area (TPSA) is 90.7 Å². The van der Waals surface area contributed by atoms with Crippen LogP contribution in [0.2, 0.25) is 0 Å². The molecule has 0 aromatic heterocycles. The Balaban J connectivity index is 2.30. The fraction of sp³-hybridized carbons (Fsp3) is 0.316. The SMILES string of the molecule is CCCOc1c(Br)cc(C(=O)Nc2ccc(C)c([N+](=O)[O-])c2)cc1OCC. The van der Waals surface area contributed by atoms with E-state index in [-0.39, 0.29) is 5.69 Å². The number of anilines is 1. The van der Waals surface area contributed by atoms with Crippen molar-refractivity contribution < 1.29 is 19.2 Å². The van der Waals surface area contributed by atoms with E-state index in [0.29, 0.717) is 46.0 Å². The zero-order valence-electron chi connectivity index (χ0n) is 15.4. The summed E-state index contributed by atoms with van der Waals surface area (Å²) in [5.74, 6) is 0.596. The number of nitrogens with zero attached hydrogens (tertiary/aromatic N) is 1. The standard InChI is InChI=1S/C19H21BrN2O5/c1-4-8-27-18-15(20)9-13(10-17(18)26-5-2)19(23)21-14-7-6-12(3)16(11-14)22(24)25/h6-7,9-11H,4-5,8H2,1-3H3,(H,21,23). The molecule has 0 atom stereocenters. The molecule has 8 heteroatoms. The van der Waals surface area contributed by atoms with Crippen LogP contribution in [-0.2, 0) is 0 Å². The fourth-order valence-electron chi connectivity index (χ4n) is 2.39. The number of halogens is 1. The second kappa shape index (κ2) is 9.36. The minimum absolute atomic E-state index is 0.0488. The maximum atomic E-state index is 12.6. The zero-order valence-corrected chi connectivity index (χ0v) is 17.0. The van der Waals surface area contributed by atoms with Crippen molar-refractivity contribution in [2.75, 3.05) is 18.5 Å². The number of nitro benzene ring substituents is 1. The molecular formula is C19H21BrN2O5. The second-order valence-corrected chi connectivity index (χ2v) is 6.63. The van der Waals surface area contributed by atoms with Crippen molar-refractivity contribution in [1.82, 2.24) is 0 Å². The minimum atomic E-state index is -0.478. The molecule has 0 heterocycles. The Hall–Kier alpha value is -2.61. The van der Waals surface area contributed by atoms with Crippen LogP contribution in [0.1, 0.15) is 36.2 Å². The number of hydrogen-bond donors (Lipinski definition) is 1. The van der Waals surface area contributed by atoms with Crippen LogP contribution in [-0.4, -0.2) is 24.0 Å². The molecule has 144 valence electrons. The number of carbonyl (C=O) groups is 1. The number of amides is 1. The summed E-state index contributed by atoms with van der Waals surface area (Å²) >= 11 is 3.42. The fourth-order valence-corrected chi connectivity index (χ4v) is 2.95. The van der Waals surface area contributed by atoms with Gasteiger partial charge in [0.1, 0.15) is 0 Å². The lowest BCUT2D eigenvalue weighted by Gasteiger charge is -2.15. The van der Waals surface area contributed by atoms with E-state index in [9.17, 15) is 14.9 Å². The molecule has 0 spiro atoms. The largest absolute Gasteiger partial charge is 0.490 e. The van der Waals surface area contributed by atoms with E-state index in [1.165, 1.54) is 6.07 Å². The van der Waals surface area contributed by atoms with Gasteiger partial charge in [-0.1, -0.05) is 13.0 Å². The third-order valence-corrected chi connectivity index (χ3v) is 4.27. The molecule has 2 aromatic rings. The Morgan fingerprint density at radius 2 is 1.96 bits per heavy atom. The van der Waals surface area contributed by atoms with Gasteiger partial charge in [0, 0.05) is 22.9 Å². The van der Waals surface area contributed by atoms with Crippen LogP contribution in [0.25, 0.3) is 0 Å². The number of carbonyl (C=O) groups excluding carboxylic acids is 1. The zero-order chi connectivity index (χ0) is 20.0. The minimum Gasteiger partial charge on any atom is -0.490 e. The average Bonchev–Trinajstić information content (AvgIpc) is 2.62. The summed E-state index contributed by atoms with van der Waals surface area (Å²) < 4.78 is 11.9. The van der Waals surface area contributed by atoms with E-state index < -0.39 is 10.8 Å². The molecule has 1 amide bonds. The highest BCUT2D eigenvalue weighted by Crippen LogP contribution is 2.37. The Kier molecular flexibility index (Phi) is 7.18. The van der Waals surface area contributed by atoms with Crippen LogP contribution in [0, 0.1) is 17.0 Å². The van der Waals surface area contributed by atoms with Crippen LogP contribution in [0.3, 0.4) is 0 Å². The molecule has 0 aliphatic carbocycles. The molecule has 0 bridgehead atoms. The third-order valence-electron chi connectivity index (χ3n) is 3.69. The van der Waals surface area contributed by atoms with Crippen molar-refractivity contribution in [2.24, 2.45) is 0 Å². The molecule has 0 unspecified atom stereocenters. The summed E-state index contributed by atoms with van der Waals surface area (Å²) in [4.78, 5) is 23.2. The molecule has 7 nitrogen and oxygen atoms in total. The van der Waals surface area contributed by atoms with Gasteiger partial charge in [-0.3, -0.25) is 14.9 Å². The number of rotatable bonds is 8. The lowest BCUT2D eigenvalue weighted by atomic mass is 10.1. The molecule has 0 aliphatic heterocycles. The van der Waals surface area contributed by atoms with Crippen LogP contribution in [0.5, 0.6) is 11.5 Å². The lowest BCUT2D eigenvalue weighted by molar-refractivity contribution is -0.385. The number of ether oxygens (including phenoxy) is 2. The van der Waals surface area contributed by atoms with Crippen molar-refractivity contribution in [3.05, 3.63) is 56.0 Å². The first-order valence-corrected chi connectivity index (χ1v) is 9.32. The molecule has 0 saturated carbocycles. The van der Waals surface area contributed by atoms with Crippen LogP contribution in [0.4, 0.5) is 11.4 Å². The van der Waals surface area contributed by atoms with Crippen LogP contribution >= 0.6 is 15.9 Å². The summed E-state index contributed by atoms with van der Waals surface area (Å²) in [6.45, 7) is 6.43. The smallest absolute Gasteiger partial charge is 0.274 e. The van der Waals surface area contributed by atoms with Crippen molar-refractivity contribution in [3.63, 3.8) is 0 Å². The predicted octanol–water partition coefficient (Wildman–Crippen LogP) is 5.11. The molecule has 27 heavy (non-hydrogen) atoms. The van der Waals surface area contributed by atoms with E-state index in [1.807, 2.05) is 13.8 Å². The molecule has 1 N–H and O–H groups in total. The lowest BCUT2D eigenvalue weighted by Crippen LogP contribution is -2.13. The number of nitrogens with one attached hydrogen (secondary N) is 1. The van der Waals surface area contributed by atoms with E-state index in [4.69, 9.17) is 9.47 Å². The van der Waals surface area contributed by atoms with Crippen molar-refractivity contribution >= 4 is 33.2 Å². The highest BCUT2D eigenvalue weighted by Gasteiger charge is 2.17. The second-order valence-electron chi connectivity index (χ2n) is 5.78. The number of benzene rings is 2. The Morgan fingerprint density at radius 1 is 1.22 bits per heavy atom. The number of hydrogen-bond acceptors (Lipinski definition) is 5. The van der Waals surface area contributed by atoms with E-state index in [1.54, 1.807) is 31.2 Å². The van der Waals surface area contributed by atoms with Crippen LogP contribution in [0.15, 0.2) is 34.8 Å². The summed E-state index contributed by atoms with van der Waals surface area (Å²) in [5, 5.41) is 13.8. The highest BCUT2D eigenvalue weighted by molar-refractivity contribution is 9.10. The summed E-state index contributed by atoms with van der Waals surface area (Å²) in [5.41, 5.74) is 1.17. The molecule has 0 aliphatic rings. The number of nitro groups is 1. The first-order chi connectivity index (χ1) is 12.9. The van der Waals surface area contributed by atoms with E-state index in [2.05, 4.69) is 21.2 Å². The van der Waals surface area contributed by atoms with E-state index in [0.717, 1.165) is 6.42 Å². The van der Waals surface area contributed by atoms with Gasteiger partial charge < -0.3 is 14.8 Å². The summed E-state index contributed by atoms with van der Waals surface area (Å²) in [6, 6.07) is 7.78. The molecular weight excluding hydrogens is 416 g/mol. The third kappa shape index (κ3) is 5.19. The van der Waals surface area contributed by atoms with Gasteiger partial charge in [0.05, 0.1) is 22.6 Å².